The molecule has 0 bridgehead atoms. The molecule has 5 nitrogen and oxygen atoms in total. The van der Waals surface area contributed by atoms with E-state index in [4.69, 9.17) is 11.6 Å². The summed E-state index contributed by atoms with van der Waals surface area (Å²) in [5, 5.41) is 6.00. The van der Waals surface area contributed by atoms with Crippen LogP contribution in [0.4, 0.5) is 11.5 Å². The maximum atomic E-state index is 12.1. The van der Waals surface area contributed by atoms with Gasteiger partial charge in [-0.2, -0.15) is 0 Å². The zero-order valence-electron chi connectivity index (χ0n) is 12.0. The van der Waals surface area contributed by atoms with E-state index >= 15 is 0 Å². The van der Waals surface area contributed by atoms with Crippen LogP contribution in [-0.4, -0.2) is 15.9 Å². The average Bonchev–Trinajstić information content (AvgIpc) is 3.00. The van der Waals surface area contributed by atoms with Crippen molar-refractivity contribution in [3.05, 3.63) is 69.8 Å². The fraction of sp³-hybridized carbons (Fsp3) is 0.0625. The molecule has 116 valence electrons. The highest BCUT2D eigenvalue weighted by Crippen LogP contribution is 2.19. The maximum Gasteiger partial charge on any atom is 0.256 e. The molecule has 1 amide bonds. The first-order valence-corrected chi connectivity index (χ1v) is 8.07. The lowest BCUT2D eigenvalue weighted by Gasteiger charge is -2.07. The third-order valence-electron chi connectivity index (χ3n) is 3.05. The molecule has 0 unspecified atom stereocenters. The van der Waals surface area contributed by atoms with Crippen molar-refractivity contribution in [1.82, 2.24) is 9.97 Å². The van der Waals surface area contributed by atoms with Crippen molar-refractivity contribution in [3.63, 3.8) is 0 Å². The molecule has 7 heteroatoms. The number of aromatic nitrogens is 2. The first-order valence-electron chi connectivity index (χ1n) is 6.87. The van der Waals surface area contributed by atoms with Crippen LogP contribution in [0.15, 0.2) is 54.9 Å². The Morgan fingerprint density at radius 3 is 2.61 bits per heavy atom. The van der Waals surface area contributed by atoms with Crippen molar-refractivity contribution in [1.29, 1.82) is 0 Å². The molecule has 2 aromatic heterocycles. The standard InChI is InChI=1S/C16H13ClN4OS/c17-16-20-10-13(23-16)9-19-12-6-4-11(5-7-12)15(22)21-14-3-1-2-8-18-14/h1-8,10,19H,9H2,(H,18,21,22). The van der Waals surface area contributed by atoms with Gasteiger partial charge in [-0.1, -0.05) is 17.7 Å². The Labute approximate surface area is 142 Å². The van der Waals surface area contributed by atoms with Gasteiger partial charge in [0, 0.05) is 28.5 Å². The van der Waals surface area contributed by atoms with Crippen LogP contribution in [0.5, 0.6) is 0 Å². The summed E-state index contributed by atoms with van der Waals surface area (Å²) in [6.45, 7) is 0.643. The first kappa shape index (κ1) is 15.5. The molecule has 0 aliphatic heterocycles. The summed E-state index contributed by atoms with van der Waals surface area (Å²) in [4.78, 5) is 21.2. The number of nitrogens with zero attached hydrogens (tertiary/aromatic N) is 2. The lowest BCUT2D eigenvalue weighted by molar-refractivity contribution is 0.102. The SMILES string of the molecule is O=C(Nc1ccccn1)c1ccc(NCc2cnc(Cl)s2)cc1. The molecule has 3 aromatic rings. The first-order chi connectivity index (χ1) is 11.2. The molecule has 2 N–H and O–H groups in total. The smallest absolute Gasteiger partial charge is 0.256 e. The minimum atomic E-state index is -0.190. The number of rotatable bonds is 5. The minimum Gasteiger partial charge on any atom is -0.380 e. The Balaban J connectivity index is 1.59. The van der Waals surface area contributed by atoms with E-state index < -0.39 is 0 Å². The number of thiazole rings is 1. The van der Waals surface area contributed by atoms with Crippen LogP contribution in [0, 0.1) is 0 Å². The summed E-state index contributed by atoms with van der Waals surface area (Å²) in [5.41, 5.74) is 1.49. The van der Waals surface area contributed by atoms with Crippen molar-refractivity contribution in [3.8, 4) is 0 Å². The molecular weight excluding hydrogens is 332 g/mol. The Bertz CT molecular complexity index is 789. The third-order valence-corrected chi connectivity index (χ3v) is 4.16. The molecule has 0 saturated heterocycles. The van der Waals surface area contributed by atoms with E-state index in [-0.39, 0.29) is 5.91 Å². The van der Waals surface area contributed by atoms with Gasteiger partial charge >= 0.3 is 0 Å². The van der Waals surface area contributed by atoms with Crippen molar-refractivity contribution < 1.29 is 4.79 Å². The molecule has 0 spiro atoms. The summed E-state index contributed by atoms with van der Waals surface area (Å²) in [6, 6.07) is 12.6. The molecule has 1 aromatic carbocycles. The van der Waals surface area contributed by atoms with Crippen LogP contribution >= 0.6 is 22.9 Å². The summed E-state index contributed by atoms with van der Waals surface area (Å²) >= 11 is 7.23. The number of carbonyl (C=O) groups excluding carboxylic acids is 1. The number of hydrogen-bond acceptors (Lipinski definition) is 5. The second kappa shape index (κ2) is 7.21. The minimum absolute atomic E-state index is 0.190. The van der Waals surface area contributed by atoms with E-state index in [9.17, 15) is 4.79 Å². The summed E-state index contributed by atoms with van der Waals surface area (Å²) in [5.74, 6) is 0.339. The number of nitrogens with one attached hydrogen (secondary N) is 2. The fourth-order valence-corrected chi connectivity index (χ4v) is 2.84. The van der Waals surface area contributed by atoms with Gasteiger partial charge in [-0.3, -0.25) is 4.79 Å². The molecule has 0 aliphatic carbocycles. The molecule has 2 heterocycles. The van der Waals surface area contributed by atoms with Gasteiger partial charge in [0.05, 0.1) is 6.54 Å². The van der Waals surface area contributed by atoms with Gasteiger partial charge in [0.25, 0.3) is 5.91 Å². The number of benzene rings is 1. The van der Waals surface area contributed by atoms with Gasteiger partial charge in [0.2, 0.25) is 0 Å². The van der Waals surface area contributed by atoms with Gasteiger partial charge in [-0.15, -0.1) is 11.3 Å². The second-order valence-corrected chi connectivity index (χ2v) is 6.38. The Hall–Kier alpha value is -2.44. The van der Waals surface area contributed by atoms with Crippen molar-refractivity contribution in [2.75, 3.05) is 10.6 Å². The molecule has 0 fully saturated rings. The fourth-order valence-electron chi connectivity index (χ4n) is 1.92. The van der Waals surface area contributed by atoms with Crippen LogP contribution in [-0.2, 0) is 6.54 Å². The number of hydrogen-bond donors (Lipinski definition) is 2. The second-order valence-electron chi connectivity index (χ2n) is 4.68. The lowest BCUT2D eigenvalue weighted by Crippen LogP contribution is -2.12. The maximum absolute atomic E-state index is 12.1. The van der Waals surface area contributed by atoms with Crippen molar-refractivity contribution in [2.45, 2.75) is 6.54 Å². The number of halogens is 1. The van der Waals surface area contributed by atoms with Gasteiger partial charge in [0.1, 0.15) is 5.82 Å². The van der Waals surface area contributed by atoms with Gasteiger partial charge < -0.3 is 10.6 Å². The topological polar surface area (TPSA) is 66.9 Å². The Morgan fingerprint density at radius 2 is 1.96 bits per heavy atom. The van der Waals surface area contributed by atoms with Crippen LogP contribution in [0.25, 0.3) is 0 Å². The highest BCUT2D eigenvalue weighted by atomic mass is 35.5. The molecule has 0 radical (unpaired) electrons. The number of carbonyl (C=O) groups is 1. The van der Waals surface area contributed by atoms with Gasteiger partial charge in [-0.05, 0) is 36.4 Å². The van der Waals surface area contributed by atoms with E-state index in [1.807, 2.05) is 18.2 Å². The molecule has 0 saturated carbocycles. The normalized spacial score (nSPS) is 10.3. The summed E-state index contributed by atoms with van der Waals surface area (Å²) in [6.07, 6.45) is 3.38. The van der Waals surface area contributed by atoms with Gasteiger partial charge in [-0.25, -0.2) is 9.97 Å². The predicted molar refractivity (Wildman–Crippen MR) is 93.1 cm³/mol. The lowest BCUT2D eigenvalue weighted by atomic mass is 10.2. The molecule has 0 aliphatic rings. The number of anilines is 2. The zero-order valence-corrected chi connectivity index (χ0v) is 13.6. The summed E-state index contributed by atoms with van der Waals surface area (Å²) in [7, 11) is 0. The number of amides is 1. The van der Waals surface area contributed by atoms with Crippen molar-refractivity contribution in [2.24, 2.45) is 0 Å². The van der Waals surface area contributed by atoms with E-state index in [1.54, 1.807) is 36.7 Å². The average molecular weight is 345 g/mol. The van der Waals surface area contributed by atoms with Crippen LogP contribution < -0.4 is 10.6 Å². The van der Waals surface area contributed by atoms with Crippen LogP contribution in [0.1, 0.15) is 15.2 Å². The van der Waals surface area contributed by atoms with Crippen molar-refractivity contribution >= 4 is 40.4 Å². The van der Waals surface area contributed by atoms with Gasteiger partial charge in [0.15, 0.2) is 4.47 Å². The molecular formula is C16H13ClN4OS. The van der Waals surface area contributed by atoms with Crippen LogP contribution in [0.3, 0.4) is 0 Å². The highest BCUT2D eigenvalue weighted by molar-refractivity contribution is 7.15. The monoisotopic (exact) mass is 344 g/mol. The molecule has 23 heavy (non-hydrogen) atoms. The largest absolute Gasteiger partial charge is 0.380 e. The zero-order chi connectivity index (χ0) is 16.1. The number of pyridine rings is 1. The molecule has 3 rings (SSSR count). The Kier molecular flexibility index (Phi) is 4.85. The van der Waals surface area contributed by atoms with E-state index in [0.29, 0.717) is 22.4 Å². The highest BCUT2D eigenvalue weighted by Gasteiger charge is 2.06. The third kappa shape index (κ3) is 4.28. The summed E-state index contributed by atoms with van der Waals surface area (Å²) < 4.78 is 0.531. The Morgan fingerprint density at radius 1 is 1.13 bits per heavy atom. The quantitative estimate of drug-likeness (QED) is 0.732. The van der Waals surface area contributed by atoms with E-state index in [1.165, 1.54) is 11.3 Å². The predicted octanol–water partition coefficient (Wildman–Crippen LogP) is 4.06. The molecule has 0 atom stereocenters. The van der Waals surface area contributed by atoms with E-state index in [0.717, 1.165) is 10.6 Å². The van der Waals surface area contributed by atoms with E-state index in [2.05, 4.69) is 20.6 Å². The van der Waals surface area contributed by atoms with Crippen LogP contribution in [0.2, 0.25) is 4.47 Å².